The lowest BCUT2D eigenvalue weighted by Gasteiger charge is -2.13. The average molecular weight is 251 g/mol. The number of allylic oxidation sites excluding steroid dienone is 1. The van der Waals surface area contributed by atoms with E-state index in [4.69, 9.17) is 5.11 Å². The summed E-state index contributed by atoms with van der Waals surface area (Å²) >= 11 is 0. The van der Waals surface area contributed by atoms with Gasteiger partial charge in [-0.2, -0.15) is 0 Å². The third kappa shape index (κ3) is 2.55. The van der Waals surface area contributed by atoms with E-state index in [1.807, 2.05) is 12.3 Å². The van der Waals surface area contributed by atoms with Crippen LogP contribution in [0, 0.1) is 0 Å². The summed E-state index contributed by atoms with van der Waals surface area (Å²) in [5.41, 5.74) is 1.01. The Morgan fingerprint density at radius 2 is 2.12 bits per heavy atom. The maximum Gasteiger partial charge on any atom is 0.172 e. The molecule has 2 N–H and O–H groups in total. The van der Waals surface area contributed by atoms with Gasteiger partial charge in [0.05, 0.1) is 17.7 Å². The van der Waals surface area contributed by atoms with E-state index in [0.29, 0.717) is 0 Å². The second kappa shape index (κ2) is 4.71. The highest BCUT2D eigenvalue weighted by Crippen LogP contribution is 2.26. The molecule has 0 spiro atoms. The molecule has 17 heavy (non-hydrogen) atoms. The highest BCUT2D eigenvalue weighted by atomic mass is 32.2. The summed E-state index contributed by atoms with van der Waals surface area (Å²) in [6.45, 7) is 2.05. The number of ketones is 1. The molecule has 0 aromatic heterocycles. The number of aromatic hydroxyl groups is 2. The summed E-state index contributed by atoms with van der Waals surface area (Å²) in [6.07, 6.45) is 0.210. The Bertz CT molecular complexity index is 535. The molecule has 0 saturated carbocycles. The lowest BCUT2D eigenvalue weighted by Crippen LogP contribution is -2.06. The molecule has 5 heteroatoms. The molecule has 1 aromatic rings. The van der Waals surface area contributed by atoms with Gasteiger partial charge in [-0.05, 0) is 12.1 Å². The Balaban J connectivity index is 2.06. The van der Waals surface area contributed by atoms with Crippen molar-refractivity contribution in [1.82, 2.24) is 0 Å². The number of phenolic OH excluding ortho intramolecular Hbond substituents is 2. The normalized spacial score (nSPS) is 17.9. The number of carbonyl (C=O) groups is 1. The van der Waals surface area contributed by atoms with Crippen LogP contribution in [0.25, 0.3) is 0 Å². The van der Waals surface area contributed by atoms with Crippen molar-refractivity contribution in [2.45, 2.75) is 13.3 Å². The van der Waals surface area contributed by atoms with Gasteiger partial charge in [-0.15, -0.1) is 0 Å². The quantitative estimate of drug-likeness (QED) is 0.807. The first-order chi connectivity index (χ1) is 8.10. The van der Waals surface area contributed by atoms with E-state index in [-0.39, 0.29) is 40.0 Å². The average Bonchev–Trinajstić information content (AvgIpc) is 2.22. The number of benzene rings is 1. The first-order valence-corrected chi connectivity index (χ1v) is 6.69. The molecule has 4 nitrogen and oxygen atoms in total. The number of hydrogen-bond acceptors (Lipinski definition) is 4. The van der Waals surface area contributed by atoms with Gasteiger partial charge in [-0.25, -0.2) is 4.36 Å². The molecule has 0 radical (unpaired) electrons. The molecule has 0 bridgehead atoms. The molecule has 0 saturated heterocycles. The number of nitrogens with zero attached hydrogens (tertiary/aromatic N) is 1. The lowest BCUT2D eigenvalue weighted by atomic mass is 10.1. The van der Waals surface area contributed by atoms with Gasteiger partial charge in [0.2, 0.25) is 0 Å². The van der Waals surface area contributed by atoms with Crippen LogP contribution in [0.4, 0.5) is 0 Å². The fourth-order valence-corrected chi connectivity index (χ4v) is 2.60. The van der Waals surface area contributed by atoms with E-state index < -0.39 is 0 Å². The highest BCUT2D eigenvalue weighted by molar-refractivity contribution is 7.91. The largest absolute Gasteiger partial charge is 0.508 e. The monoisotopic (exact) mass is 251 g/mol. The number of Topliss-reactive ketones (excluding diaryl/α,β-unsaturated/α-hetero) is 1. The smallest absolute Gasteiger partial charge is 0.172 e. The molecule has 1 aromatic carbocycles. The van der Waals surface area contributed by atoms with Crippen LogP contribution in [-0.2, 0) is 10.7 Å². The molecular weight excluding hydrogens is 238 g/mol. The van der Waals surface area contributed by atoms with Gasteiger partial charge in [0.25, 0.3) is 0 Å². The third-order valence-electron chi connectivity index (χ3n) is 2.43. The Hall–Kier alpha value is -1.62. The zero-order chi connectivity index (χ0) is 12.4. The highest BCUT2D eigenvalue weighted by Gasteiger charge is 2.16. The predicted molar refractivity (Wildman–Crippen MR) is 67.1 cm³/mol. The van der Waals surface area contributed by atoms with Crippen molar-refractivity contribution in [2.75, 3.05) is 5.75 Å². The van der Waals surface area contributed by atoms with Crippen molar-refractivity contribution >= 4 is 16.5 Å². The summed E-state index contributed by atoms with van der Waals surface area (Å²) in [7, 11) is -0.00706. The summed E-state index contributed by atoms with van der Waals surface area (Å²) in [6, 6.07) is 3.97. The van der Waals surface area contributed by atoms with Crippen molar-refractivity contribution in [3.8, 4) is 11.5 Å². The predicted octanol–water partition coefficient (Wildman–Crippen LogP) is 2.35. The van der Waals surface area contributed by atoms with Crippen LogP contribution in [0.3, 0.4) is 0 Å². The molecule has 1 heterocycles. The van der Waals surface area contributed by atoms with Gasteiger partial charge in [0.1, 0.15) is 11.5 Å². The Kier molecular flexibility index (Phi) is 3.28. The summed E-state index contributed by atoms with van der Waals surface area (Å²) in [5, 5.41) is 20.7. The minimum absolute atomic E-state index is 0.00706. The summed E-state index contributed by atoms with van der Waals surface area (Å²) in [4.78, 5) is 11.8. The molecule has 1 unspecified atom stereocenters. The number of phenols is 2. The number of rotatable bonds is 4. The van der Waals surface area contributed by atoms with Crippen LogP contribution >= 0.6 is 0 Å². The van der Waals surface area contributed by atoms with E-state index in [1.165, 1.54) is 12.1 Å². The second-order valence-corrected chi connectivity index (χ2v) is 5.49. The first kappa shape index (κ1) is 11.9. The SMILES string of the molecule is CCS1=NC(CC(=O)c2ccc(O)cc2O)=C1. The number of carbonyl (C=O) groups excluding carboxylic acids is 1. The zero-order valence-corrected chi connectivity index (χ0v) is 10.2. The van der Waals surface area contributed by atoms with Gasteiger partial charge in [-0.1, -0.05) is 17.6 Å². The van der Waals surface area contributed by atoms with E-state index >= 15 is 0 Å². The molecule has 0 fully saturated rings. The molecule has 0 amide bonds. The van der Waals surface area contributed by atoms with Crippen molar-refractivity contribution in [2.24, 2.45) is 4.36 Å². The van der Waals surface area contributed by atoms with Crippen LogP contribution in [0.5, 0.6) is 11.5 Å². The fourth-order valence-electron chi connectivity index (χ4n) is 1.54. The van der Waals surface area contributed by atoms with Gasteiger partial charge in [-0.3, -0.25) is 4.79 Å². The Morgan fingerprint density at radius 3 is 2.71 bits per heavy atom. The van der Waals surface area contributed by atoms with Crippen molar-refractivity contribution < 1.29 is 15.0 Å². The Labute approximate surface area is 102 Å². The van der Waals surface area contributed by atoms with E-state index in [1.54, 1.807) is 0 Å². The summed E-state index contributed by atoms with van der Waals surface area (Å²) in [5.74, 6) is 0.544. The lowest BCUT2D eigenvalue weighted by molar-refractivity contribution is 0.0990. The van der Waals surface area contributed by atoms with Crippen molar-refractivity contribution in [3.63, 3.8) is 0 Å². The standard InChI is InChI=1S/C12H13NO3S/c1-2-17-7-8(13-17)5-11(15)10-4-3-9(14)6-12(10)16/h3-4,6-7,14,16H,2,5H2,1H3. The molecule has 1 aliphatic rings. The van der Waals surface area contributed by atoms with Crippen molar-refractivity contribution in [1.29, 1.82) is 0 Å². The zero-order valence-electron chi connectivity index (χ0n) is 9.38. The van der Waals surface area contributed by atoms with Crippen LogP contribution in [0.15, 0.2) is 33.7 Å². The maximum atomic E-state index is 11.8. The molecule has 1 aliphatic heterocycles. The summed E-state index contributed by atoms with van der Waals surface area (Å²) < 4.78 is 4.29. The van der Waals surface area contributed by atoms with Crippen LogP contribution in [0.2, 0.25) is 0 Å². The maximum absolute atomic E-state index is 11.8. The van der Waals surface area contributed by atoms with Gasteiger partial charge in [0, 0.05) is 17.2 Å². The number of hydrogen-bond donors (Lipinski definition) is 2. The minimum atomic E-state index is -0.190. The third-order valence-corrected chi connectivity index (χ3v) is 4.03. The minimum Gasteiger partial charge on any atom is -0.508 e. The second-order valence-electron chi connectivity index (χ2n) is 3.69. The van der Waals surface area contributed by atoms with Crippen LogP contribution in [-0.4, -0.2) is 21.7 Å². The van der Waals surface area contributed by atoms with Gasteiger partial charge >= 0.3 is 0 Å². The first-order valence-electron chi connectivity index (χ1n) is 5.27. The molecule has 0 aliphatic carbocycles. The van der Waals surface area contributed by atoms with E-state index in [0.717, 1.165) is 17.5 Å². The fraction of sp³-hybridized carbons (Fsp3) is 0.250. The van der Waals surface area contributed by atoms with Gasteiger partial charge < -0.3 is 10.2 Å². The van der Waals surface area contributed by atoms with Crippen LogP contribution in [0.1, 0.15) is 23.7 Å². The van der Waals surface area contributed by atoms with E-state index in [2.05, 4.69) is 4.36 Å². The molecule has 1 atom stereocenters. The van der Waals surface area contributed by atoms with E-state index in [9.17, 15) is 9.90 Å². The molecule has 90 valence electrons. The molecule has 2 rings (SSSR count). The topological polar surface area (TPSA) is 69.9 Å². The van der Waals surface area contributed by atoms with Gasteiger partial charge in [0.15, 0.2) is 5.78 Å². The van der Waals surface area contributed by atoms with Crippen LogP contribution < -0.4 is 0 Å². The van der Waals surface area contributed by atoms with Crippen molar-refractivity contribution in [3.05, 3.63) is 34.9 Å². The Morgan fingerprint density at radius 1 is 1.41 bits per heavy atom. The molecular formula is C12H13NO3S.